The van der Waals surface area contributed by atoms with Crippen LogP contribution < -0.4 is 10.2 Å². The predicted octanol–water partition coefficient (Wildman–Crippen LogP) is 1.86. The van der Waals surface area contributed by atoms with Crippen molar-refractivity contribution in [3.8, 4) is 0 Å². The van der Waals surface area contributed by atoms with E-state index in [1.165, 1.54) is 12.1 Å². The minimum absolute atomic E-state index is 0.0340. The molecule has 0 saturated carbocycles. The first kappa shape index (κ1) is 23.3. The summed E-state index contributed by atoms with van der Waals surface area (Å²) in [7, 11) is 3.67. The highest BCUT2D eigenvalue weighted by atomic mass is 19.1. The van der Waals surface area contributed by atoms with Crippen molar-refractivity contribution in [3.05, 3.63) is 30.1 Å². The number of amides is 1. The number of hydrogen-bond acceptors (Lipinski definition) is 4. The molecule has 1 unspecified atom stereocenters. The van der Waals surface area contributed by atoms with Gasteiger partial charge in [-0.3, -0.25) is 14.7 Å². The van der Waals surface area contributed by atoms with E-state index in [2.05, 4.69) is 26.9 Å². The summed E-state index contributed by atoms with van der Waals surface area (Å²) in [4.78, 5) is 25.8. The highest BCUT2D eigenvalue weighted by molar-refractivity contribution is 5.81. The molecule has 2 saturated heterocycles. The number of guanidine groups is 1. The third kappa shape index (κ3) is 6.32. The van der Waals surface area contributed by atoms with E-state index in [0.29, 0.717) is 0 Å². The number of hydrogen-bond donors (Lipinski definition) is 1. The molecule has 0 aromatic heterocycles. The Morgan fingerprint density at radius 2 is 1.87 bits per heavy atom. The Morgan fingerprint density at radius 1 is 1.16 bits per heavy atom. The Balaban J connectivity index is 1.48. The summed E-state index contributed by atoms with van der Waals surface area (Å²) in [5, 5.41) is 3.42. The normalized spacial score (nSPS) is 20.3. The number of carbonyl (C=O) groups excluding carboxylic acids is 1. The van der Waals surface area contributed by atoms with Gasteiger partial charge in [0.05, 0.1) is 6.04 Å². The standard InChI is InChI=1S/C23H37FN6O/c1-4-25-23(26-12-6-14-29-13-5-7-21(29)22(31)27(2)3)30-17-15-28(16-18-30)20-10-8-19(24)9-11-20/h8-11,21H,4-7,12-18H2,1-3H3,(H,25,26). The smallest absolute Gasteiger partial charge is 0.239 e. The highest BCUT2D eigenvalue weighted by Crippen LogP contribution is 2.19. The SMILES string of the molecule is CCNC(=NCCCN1CCCC1C(=O)N(C)C)N1CCN(c2ccc(F)cc2)CC1. The third-order valence-electron chi connectivity index (χ3n) is 6.06. The van der Waals surface area contributed by atoms with Crippen molar-refractivity contribution in [1.29, 1.82) is 0 Å². The minimum Gasteiger partial charge on any atom is -0.368 e. The van der Waals surface area contributed by atoms with Crippen LogP contribution >= 0.6 is 0 Å². The minimum atomic E-state index is -0.199. The van der Waals surface area contributed by atoms with Gasteiger partial charge in [-0.25, -0.2) is 4.39 Å². The van der Waals surface area contributed by atoms with Crippen LogP contribution in [0.25, 0.3) is 0 Å². The number of halogens is 1. The summed E-state index contributed by atoms with van der Waals surface area (Å²) in [5.41, 5.74) is 1.07. The molecule has 0 spiro atoms. The fourth-order valence-electron chi connectivity index (χ4n) is 4.38. The second-order valence-electron chi connectivity index (χ2n) is 8.47. The molecule has 31 heavy (non-hydrogen) atoms. The predicted molar refractivity (Wildman–Crippen MR) is 124 cm³/mol. The molecule has 7 nitrogen and oxygen atoms in total. The number of likely N-dealkylation sites (tertiary alicyclic amines) is 1. The van der Waals surface area contributed by atoms with E-state index >= 15 is 0 Å². The number of likely N-dealkylation sites (N-methyl/N-ethyl adjacent to an activating group) is 1. The summed E-state index contributed by atoms with van der Waals surface area (Å²) >= 11 is 0. The molecule has 1 N–H and O–H groups in total. The molecule has 1 atom stereocenters. The lowest BCUT2D eigenvalue weighted by Crippen LogP contribution is -2.52. The van der Waals surface area contributed by atoms with Gasteiger partial charge in [-0.1, -0.05) is 0 Å². The van der Waals surface area contributed by atoms with Crippen molar-refractivity contribution in [3.63, 3.8) is 0 Å². The molecule has 1 amide bonds. The maximum absolute atomic E-state index is 13.2. The molecule has 2 heterocycles. The monoisotopic (exact) mass is 432 g/mol. The van der Waals surface area contributed by atoms with Crippen LogP contribution in [0.3, 0.4) is 0 Å². The van der Waals surface area contributed by atoms with E-state index in [4.69, 9.17) is 4.99 Å². The van der Waals surface area contributed by atoms with Crippen molar-refractivity contribution in [2.24, 2.45) is 4.99 Å². The Labute approximate surface area is 185 Å². The van der Waals surface area contributed by atoms with Gasteiger partial charge in [-0.15, -0.1) is 0 Å². The topological polar surface area (TPSA) is 54.4 Å². The molecule has 1 aromatic rings. The Hall–Kier alpha value is -2.35. The quantitative estimate of drug-likeness (QED) is 0.405. The molecule has 0 aliphatic carbocycles. The van der Waals surface area contributed by atoms with E-state index in [1.807, 2.05) is 26.2 Å². The van der Waals surface area contributed by atoms with Crippen molar-refractivity contribution in [1.82, 2.24) is 20.0 Å². The first-order chi connectivity index (χ1) is 15.0. The molecule has 8 heteroatoms. The Bertz CT molecular complexity index is 730. The van der Waals surface area contributed by atoms with Crippen molar-refractivity contribution >= 4 is 17.6 Å². The van der Waals surface area contributed by atoms with E-state index in [9.17, 15) is 9.18 Å². The molecule has 2 aliphatic rings. The second kappa shape index (κ2) is 11.3. The summed E-state index contributed by atoms with van der Waals surface area (Å²) in [5.74, 6) is 0.979. The zero-order valence-electron chi connectivity index (χ0n) is 19.2. The molecule has 2 aliphatic heterocycles. The number of piperazine rings is 1. The fourth-order valence-corrected chi connectivity index (χ4v) is 4.38. The van der Waals surface area contributed by atoms with Crippen molar-refractivity contribution in [2.75, 3.05) is 71.4 Å². The maximum atomic E-state index is 13.2. The number of anilines is 1. The van der Waals surface area contributed by atoms with Gasteiger partial charge in [-0.05, 0) is 57.0 Å². The van der Waals surface area contributed by atoms with Gasteiger partial charge in [0.15, 0.2) is 5.96 Å². The molecule has 0 radical (unpaired) electrons. The summed E-state index contributed by atoms with van der Waals surface area (Å²) in [6.45, 7) is 9.12. The first-order valence-electron chi connectivity index (χ1n) is 11.5. The van der Waals surface area contributed by atoms with Gasteiger partial charge in [0.1, 0.15) is 5.82 Å². The van der Waals surface area contributed by atoms with Crippen LogP contribution in [0.4, 0.5) is 10.1 Å². The molecule has 1 aromatic carbocycles. The average molecular weight is 433 g/mol. The lowest BCUT2D eigenvalue weighted by atomic mass is 10.2. The number of carbonyl (C=O) groups is 1. The number of nitrogens with one attached hydrogen (secondary N) is 1. The van der Waals surface area contributed by atoms with Crippen molar-refractivity contribution in [2.45, 2.75) is 32.2 Å². The second-order valence-corrected chi connectivity index (χ2v) is 8.47. The average Bonchev–Trinajstić information content (AvgIpc) is 3.24. The Kier molecular flexibility index (Phi) is 8.51. The highest BCUT2D eigenvalue weighted by Gasteiger charge is 2.31. The van der Waals surface area contributed by atoms with Crippen LogP contribution in [0, 0.1) is 5.82 Å². The largest absolute Gasteiger partial charge is 0.368 e. The molecule has 0 bridgehead atoms. The Morgan fingerprint density at radius 3 is 2.52 bits per heavy atom. The molecule has 2 fully saturated rings. The van der Waals surface area contributed by atoms with Gasteiger partial charge < -0.3 is 20.0 Å². The molecular formula is C23H37FN6O. The number of aliphatic imine (C=N–C) groups is 1. The molecule has 3 rings (SSSR count). The third-order valence-corrected chi connectivity index (χ3v) is 6.06. The summed E-state index contributed by atoms with van der Waals surface area (Å²) < 4.78 is 13.2. The molecular weight excluding hydrogens is 395 g/mol. The number of benzene rings is 1. The zero-order chi connectivity index (χ0) is 22.2. The van der Waals surface area contributed by atoms with Gasteiger partial charge >= 0.3 is 0 Å². The van der Waals surface area contributed by atoms with Crippen LogP contribution in [0.5, 0.6) is 0 Å². The summed E-state index contributed by atoms with van der Waals surface area (Å²) in [6, 6.07) is 6.76. The fraction of sp³-hybridized carbons (Fsp3) is 0.652. The van der Waals surface area contributed by atoms with Gasteiger partial charge in [0, 0.05) is 65.6 Å². The van der Waals surface area contributed by atoms with Gasteiger partial charge in [0.25, 0.3) is 0 Å². The van der Waals surface area contributed by atoms with Crippen LogP contribution in [0.15, 0.2) is 29.3 Å². The van der Waals surface area contributed by atoms with Crippen LogP contribution in [0.2, 0.25) is 0 Å². The van der Waals surface area contributed by atoms with Crippen LogP contribution in [0.1, 0.15) is 26.2 Å². The van der Waals surface area contributed by atoms with E-state index in [-0.39, 0.29) is 17.8 Å². The zero-order valence-corrected chi connectivity index (χ0v) is 19.2. The van der Waals surface area contributed by atoms with E-state index in [1.54, 1.807) is 4.90 Å². The van der Waals surface area contributed by atoms with E-state index in [0.717, 1.165) is 83.3 Å². The van der Waals surface area contributed by atoms with Crippen molar-refractivity contribution < 1.29 is 9.18 Å². The first-order valence-corrected chi connectivity index (χ1v) is 11.5. The lowest BCUT2D eigenvalue weighted by molar-refractivity contribution is -0.133. The van der Waals surface area contributed by atoms with Gasteiger partial charge in [-0.2, -0.15) is 0 Å². The maximum Gasteiger partial charge on any atom is 0.239 e. The molecule has 172 valence electrons. The van der Waals surface area contributed by atoms with Crippen LogP contribution in [-0.4, -0.2) is 99.1 Å². The lowest BCUT2D eigenvalue weighted by Gasteiger charge is -2.37. The number of rotatable bonds is 7. The summed E-state index contributed by atoms with van der Waals surface area (Å²) in [6.07, 6.45) is 3.00. The number of nitrogens with zero attached hydrogens (tertiary/aromatic N) is 5. The van der Waals surface area contributed by atoms with Gasteiger partial charge in [0.2, 0.25) is 5.91 Å². The van der Waals surface area contributed by atoms with Crippen LogP contribution in [-0.2, 0) is 4.79 Å². The van der Waals surface area contributed by atoms with E-state index < -0.39 is 0 Å².